The van der Waals surface area contributed by atoms with Gasteiger partial charge < -0.3 is 15.0 Å². The Labute approximate surface area is 78.3 Å². The number of aryl methyl sites for hydroxylation is 1. The molecule has 0 fully saturated rings. The second-order valence-electron chi connectivity index (χ2n) is 2.26. The Morgan fingerprint density at radius 1 is 1.54 bits per heavy atom. The lowest BCUT2D eigenvalue weighted by Crippen LogP contribution is -2.06. The third kappa shape index (κ3) is 2.82. The first kappa shape index (κ1) is 11.6. The van der Waals surface area contributed by atoms with Crippen LogP contribution in [0.3, 0.4) is 0 Å². The van der Waals surface area contributed by atoms with Crippen molar-refractivity contribution in [2.24, 2.45) is 7.05 Å². The van der Waals surface area contributed by atoms with Crippen molar-refractivity contribution in [2.75, 3.05) is 12.8 Å². The Kier molecular flexibility index (Phi) is 4.66. The molecule has 4 nitrogen and oxygen atoms in total. The summed E-state index contributed by atoms with van der Waals surface area (Å²) in [4.78, 5) is 10.9. The molecule has 1 heterocycles. The fourth-order valence-electron chi connectivity index (χ4n) is 0.898. The van der Waals surface area contributed by atoms with Crippen molar-refractivity contribution in [1.82, 2.24) is 4.57 Å². The van der Waals surface area contributed by atoms with E-state index in [1.54, 1.807) is 23.9 Å². The number of aromatic nitrogens is 1. The van der Waals surface area contributed by atoms with Gasteiger partial charge in [-0.3, -0.25) is 0 Å². The lowest BCUT2D eigenvalue weighted by atomic mass is 10.4. The van der Waals surface area contributed by atoms with Crippen LogP contribution < -0.4 is 5.73 Å². The first-order valence-corrected chi connectivity index (χ1v) is 4.15. The summed E-state index contributed by atoms with van der Waals surface area (Å²) in [5.74, 6) is -0.371. The molecule has 74 valence electrons. The Morgan fingerprint density at radius 3 is 2.38 bits per heavy atom. The maximum atomic E-state index is 10.9. The number of nitrogens with zero attached hydrogens (tertiary/aromatic N) is 1. The van der Waals surface area contributed by atoms with Gasteiger partial charge in [0.05, 0.1) is 12.8 Å². The molecule has 1 rings (SSSR count). The largest absolute Gasteiger partial charge is 0.464 e. The molecule has 0 bridgehead atoms. The molecule has 0 amide bonds. The molecule has 4 heteroatoms. The first-order chi connectivity index (χ1) is 6.15. The maximum Gasteiger partial charge on any atom is 0.354 e. The standard InChI is InChI=1S/C7H10N2O2.C2H6/c1-9-4-5(8)3-6(9)7(10)11-2;1-2/h3-4H,8H2,1-2H3;1-2H3. The highest BCUT2D eigenvalue weighted by molar-refractivity contribution is 5.88. The zero-order valence-electron chi connectivity index (χ0n) is 8.50. The Bertz CT molecular complexity index is 279. The summed E-state index contributed by atoms with van der Waals surface area (Å²) in [5, 5.41) is 0. The van der Waals surface area contributed by atoms with Gasteiger partial charge in [-0.15, -0.1) is 0 Å². The van der Waals surface area contributed by atoms with E-state index in [1.165, 1.54) is 7.11 Å². The smallest absolute Gasteiger partial charge is 0.354 e. The van der Waals surface area contributed by atoms with Crippen LogP contribution in [0.15, 0.2) is 12.3 Å². The van der Waals surface area contributed by atoms with E-state index in [9.17, 15) is 4.79 Å². The van der Waals surface area contributed by atoms with Gasteiger partial charge in [-0.2, -0.15) is 0 Å². The van der Waals surface area contributed by atoms with E-state index < -0.39 is 0 Å². The van der Waals surface area contributed by atoms with Crippen LogP contribution in [-0.4, -0.2) is 17.6 Å². The molecule has 0 unspecified atom stereocenters. The zero-order chi connectivity index (χ0) is 10.4. The first-order valence-electron chi connectivity index (χ1n) is 4.15. The van der Waals surface area contributed by atoms with E-state index in [2.05, 4.69) is 4.74 Å². The molecule has 0 radical (unpaired) electrons. The number of rotatable bonds is 1. The highest BCUT2D eigenvalue weighted by Crippen LogP contribution is 2.08. The predicted molar refractivity (Wildman–Crippen MR) is 52.5 cm³/mol. The second kappa shape index (κ2) is 5.24. The van der Waals surface area contributed by atoms with Crippen molar-refractivity contribution in [3.05, 3.63) is 18.0 Å². The molecular weight excluding hydrogens is 168 g/mol. The van der Waals surface area contributed by atoms with Crippen LogP contribution >= 0.6 is 0 Å². The zero-order valence-corrected chi connectivity index (χ0v) is 8.50. The van der Waals surface area contributed by atoms with Gasteiger partial charge in [0.1, 0.15) is 5.69 Å². The number of methoxy groups -OCH3 is 1. The minimum absolute atomic E-state index is 0.371. The van der Waals surface area contributed by atoms with E-state index in [-0.39, 0.29) is 5.97 Å². The summed E-state index contributed by atoms with van der Waals surface area (Å²) in [7, 11) is 3.08. The molecule has 1 aromatic heterocycles. The summed E-state index contributed by atoms with van der Waals surface area (Å²) in [6.07, 6.45) is 1.66. The molecule has 13 heavy (non-hydrogen) atoms. The topological polar surface area (TPSA) is 57.2 Å². The number of carbonyl (C=O) groups is 1. The summed E-state index contributed by atoms with van der Waals surface area (Å²) in [5.41, 5.74) is 6.47. The van der Waals surface area contributed by atoms with Crippen LogP contribution in [0.2, 0.25) is 0 Å². The number of nitrogen functional groups attached to an aromatic ring is 1. The van der Waals surface area contributed by atoms with Crippen molar-refractivity contribution in [3.63, 3.8) is 0 Å². The van der Waals surface area contributed by atoms with Crippen LogP contribution in [0.5, 0.6) is 0 Å². The third-order valence-corrected chi connectivity index (χ3v) is 1.42. The van der Waals surface area contributed by atoms with Crippen molar-refractivity contribution < 1.29 is 9.53 Å². The summed E-state index contributed by atoms with van der Waals surface area (Å²) in [6.45, 7) is 4.00. The van der Waals surface area contributed by atoms with Crippen LogP contribution in [0.25, 0.3) is 0 Å². The Balaban J connectivity index is 0.000000671. The molecule has 0 saturated carbocycles. The van der Waals surface area contributed by atoms with Crippen molar-refractivity contribution in [2.45, 2.75) is 13.8 Å². The third-order valence-electron chi connectivity index (χ3n) is 1.42. The summed E-state index contributed by atoms with van der Waals surface area (Å²) < 4.78 is 6.14. The highest BCUT2D eigenvalue weighted by Gasteiger charge is 2.09. The van der Waals surface area contributed by atoms with E-state index in [0.29, 0.717) is 11.4 Å². The lowest BCUT2D eigenvalue weighted by Gasteiger charge is -1.98. The normalized spacial score (nSPS) is 8.62. The van der Waals surface area contributed by atoms with Crippen LogP contribution in [0.1, 0.15) is 24.3 Å². The van der Waals surface area contributed by atoms with Crippen molar-refractivity contribution in [1.29, 1.82) is 0 Å². The monoisotopic (exact) mass is 184 g/mol. The van der Waals surface area contributed by atoms with Gasteiger partial charge in [0.25, 0.3) is 0 Å². The molecule has 0 atom stereocenters. The summed E-state index contributed by atoms with van der Waals surface area (Å²) >= 11 is 0. The second-order valence-corrected chi connectivity index (χ2v) is 2.26. The molecule has 2 N–H and O–H groups in total. The highest BCUT2D eigenvalue weighted by atomic mass is 16.5. The van der Waals surface area contributed by atoms with Crippen LogP contribution in [0, 0.1) is 0 Å². The average molecular weight is 184 g/mol. The molecule has 0 aliphatic rings. The van der Waals surface area contributed by atoms with Gasteiger partial charge in [0.2, 0.25) is 0 Å². The van der Waals surface area contributed by atoms with Crippen molar-refractivity contribution in [3.8, 4) is 0 Å². The molecule has 1 aromatic rings. The Hall–Kier alpha value is -1.45. The maximum absolute atomic E-state index is 10.9. The molecule has 0 aromatic carbocycles. The van der Waals surface area contributed by atoms with Gasteiger partial charge in [-0.1, -0.05) is 13.8 Å². The SMILES string of the molecule is CC.COC(=O)c1cc(N)cn1C. The van der Waals surface area contributed by atoms with E-state index in [4.69, 9.17) is 5.73 Å². The Morgan fingerprint density at radius 2 is 2.08 bits per heavy atom. The number of hydrogen-bond acceptors (Lipinski definition) is 3. The lowest BCUT2D eigenvalue weighted by molar-refractivity contribution is 0.0590. The van der Waals surface area contributed by atoms with Crippen LogP contribution in [0.4, 0.5) is 5.69 Å². The fraction of sp³-hybridized carbons (Fsp3) is 0.444. The van der Waals surface area contributed by atoms with E-state index >= 15 is 0 Å². The molecule has 0 aliphatic carbocycles. The molecule has 0 saturated heterocycles. The van der Waals surface area contributed by atoms with Gasteiger partial charge in [-0.05, 0) is 6.07 Å². The quantitative estimate of drug-likeness (QED) is 0.671. The van der Waals surface area contributed by atoms with Gasteiger partial charge in [0.15, 0.2) is 0 Å². The number of nitrogens with two attached hydrogens (primary N) is 1. The van der Waals surface area contributed by atoms with Gasteiger partial charge >= 0.3 is 5.97 Å². The van der Waals surface area contributed by atoms with E-state index in [0.717, 1.165) is 0 Å². The molecule has 0 aliphatic heterocycles. The minimum Gasteiger partial charge on any atom is -0.464 e. The minimum atomic E-state index is -0.371. The number of carbonyl (C=O) groups excluding carboxylic acids is 1. The number of anilines is 1. The predicted octanol–water partition coefficient (Wildman–Crippen LogP) is 1.42. The van der Waals surface area contributed by atoms with Crippen molar-refractivity contribution >= 4 is 11.7 Å². The number of esters is 1. The van der Waals surface area contributed by atoms with Crippen LogP contribution in [-0.2, 0) is 11.8 Å². The molecular formula is C9H16N2O2. The summed E-state index contributed by atoms with van der Waals surface area (Å²) in [6, 6.07) is 1.58. The van der Waals surface area contributed by atoms with E-state index in [1.807, 2.05) is 13.8 Å². The molecule has 0 spiro atoms. The van der Waals surface area contributed by atoms with Gasteiger partial charge in [-0.25, -0.2) is 4.79 Å². The number of hydrogen-bond donors (Lipinski definition) is 1. The fourth-order valence-corrected chi connectivity index (χ4v) is 0.898. The average Bonchev–Trinajstić information content (AvgIpc) is 2.47. The van der Waals surface area contributed by atoms with Gasteiger partial charge in [0, 0.05) is 13.2 Å². The number of ether oxygens (including phenoxy) is 1.